The highest BCUT2D eigenvalue weighted by Gasteiger charge is 2.37. The van der Waals surface area contributed by atoms with E-state index in [0.29, 0.717) is 43.0 Å². The Bertz CT molecular complexity index is 1480. The van der Waals surface area contributed by atoms with Gasteiger partial charge in [-0.3, -0.25) is 9.59 Å². The molecule has 1 saturated heterocycles. The average molecular weight is 568 g/mol. The molecule has 5 rings (SSSR count). The third-order valence-corrected chi connectivity index (χ3v) is 8.03. The first kappa shape index (κ1) is 28.9. The molecule has 218 valence electrons. The molecule has 8 heteroatoms. The quantitative estimate of drug-likeness (QED) is 0.356. The number of anilines is 1. The topological polar surface area (TPSA) is 79.4 Å². The van der Waals surface area contributed by atoms with Gasteiger partial charge < -0.3 is 24.2 Å². The first-order valence-electron chi connectivity index (χ1n) is 14.4. The fourth-order valence-corrected chi connectivity index (χ4v) is 5.86. The second-order valence-electron chi connectivity index (χ2n) is 10.5. The van der Waals surface area contributed by atoms with Gasteiger partial charge in [0.15, 0.2) is 0 Å². The predicted octanol–water partition coefficient (Wildman–Crippen LogP) is 5.01. The molecule has 0 aliphatic carbocycles. The average Bonchev–Trinajstić information content (AvgIpc) is 3.03. The minimum absolute atomic E-state index is 0.0369. The van der Waals surface area contributed by atoms with Crippen molar-refractivity contribution in [1.29, 1.82) is 0 Å². The van der Waals surface area contributed by atoms with Gasteiger partial charge >= 0.3 is 5.97 Å². The van der Waals surface area contributed by atoms with Gasteiger partial charge in [0.1, 0.15) is 5.75 Å². The van der Waals surface area contributed by atoms with E-state index in [4.69, 9.17) is 9.47 Å². The van der Waals surface area contributed by atoms with Crippen molar-refractivity contribution in [3.63, 3.8) is 0 Å². The van der Waals surface area contributed by atoms with Gasteiger partial charge in [0.2, 0.25) is 5.91 Å². The number of hydrogen-bond donors (Lipinski definition) is 0. The zero-order valence-corrected chi connectivity index (χ0v) is 24.4. The summed E-state index contributed by atoms with van der Waals surface area (Å²) in [5.41, 5.74) is 4.43. The molecule has 0 bridgehead atoms. The zero-order valence-electron chi connectivity index (χ0n) is 24.4. The van der Waals surface area contributed by atoms with Crippen LogP contribution in [0.1, 0.15) is 47.7 Å². The van der Waals surface area contributed by atoms with Gasteiger partial charge in [0.05, 0.1) is 31.5 Å². The monoisotopic (exact) mass is 567 g/mol. The molecule has 1 unspecified atom stereocenters. The summed E-state index contributed by atoms with van der Waals surface area (Å²) in [6, 6.07) is 24.9. The van der Waals surface area contributed by atoms with Crippen LogP contribution in [0.25, 0.3) is 0 Å². The first-order chi connectivity index (χ1) is 20.4. The molecule has 2 aliphatic rings. The number of ether oxygens (including phenoxy) is 2. The SMILES string of the molecule is CCOC(=O)C1=C(C)N(Cc2cccc(C(=O)N3CCN(c4ccccc4OC)CC3)c2)C(=O)CC1c1ccccc1. The molecule has 0 aromatic heterocycles. The van der Waals surface area contributed by atoms with Crippen LogP contribution in [0, 0.1) is 0 Å². The molecule has 2 heterocycles. The number of carbonyl (C=O) groups is 3. The number of rotatable bonds is 8. The third kappa shape index (κ3) is 6.03. The van der Waals surface area contributed by atoms with Crippen molar-refractivity contribution in [2.75, 3.05) is 44.8 Å². The lowest BCUT2D eigenvalue weighted by Crippen LogP contribution is -2.48. The number of allylic oxidation sites excluding steroid dienone is 1. The highest BCUT2D eigenvalue weighted by molar-refractivity contribution is 5.96. The summed E-state index contributed by atoms with van der Waals surface area (Å²) < 4.78 is 10.9. The molecule has 2 aliphatic heterocycles. The summed E-state index contributed by atoms with van der Waals surface area (Å²) in [5.74, 6) is -0.0551. The lowest BCUT2D eigenvalue weighted by Gasteiger charge is -2.36. The van der Waals surface area contributed by atoms with Gasteiger partial charge in [0, 0.05) is 49.8 Å². The Morgan fingerprint density at radius 1 is 0.905 bits per heavy atom. The fraction of sp³-hybridized carbons (Fsp3) is 0.324. The summed E-state index contributed by atoms with van der Waals surface area (Å²) in [6.07, 6.45) is 0.171. The maximum absolute atomic E-state index is 13.5. The second kappa shape index (κ2) is 12.9. The van der Waals surface area contributed by atoms with E-state index in [1.165, 1.54) is 0 Å². The van der Waals surface area contributed by atoms with Crippen molar-refractivity contribution in [2.24, 2.45) is 0 Å². The van der Waals surface area contributed by atoms with Crippen molar-refractivity contribution in [2.45, 2.75) is 32.7 Å². The number of piperazine rings is 1. The number of esters is 1. The molecule has 8 nitrogen and oxygen atoms in total. The Kier molecular flexibility index (Phi) is 8.91. The van der Waals surface area contributed by atoms with Crippen LogP contribution in [0.15, 0.2) is 90.1 Å². The largest absolute Gasteiger partial charge is 0.495 e. The molecule has 0 N–H and O–H groups in total. The van der Waals surface area contributed by atoms with Crippen LogP contribution in [-0.4, -0.2) is 67.5 Å². The summed E-state index contributed by atoms with van der Waals surface area (Å²) in [5, 5.41) is 0. The minimum atomic E-state index is -0.405. The molecule has 0 saturated carbocycles. The van der Waals surface area contributed by atoms with Crippen molar-refractivity contribution in [3.8, 4) is 5.75 Å². The van der Waals surface area contributed by atoms with Gasteiger partial charge in [-0.2, -0.15) is 0 Å². The number of benzene rings is 3. The van der Waals surface area contributed by atoms with E-state index in [9.17, 15) is 14.4 Å². The molecule has 0 spiro atoms. The van der Waals surface area contributed by atoms with Crippen molar-refractivity contribution >= 4 is 23.5 Å². The normalized spacial score (nSPS) is 17.4. The van der Waals surface area contributed by atoms with Crippen LogP contribution in [0.3, 0.4) is 0 Å². The molecule has 1 atom stereocenters. The third-order valence-electron chi connectivity index (χ3n) is 8.03. The van der Waals surface area contributed by atoms with Crippen LogP contribution in [0.4, 0.5) is 5.69 Å². The number of para-hydroxylation sites is 2. The van der Waals surface area contributed by atoms with Gasteiger partial charge in [-0.1, -0.05) is 54.6 Å². The lowest BCUT2D eigenvalue weighted by molar-refractivity contribution is -0.140. The molecule has 2 amide bonds. The summed E-state index contributed by atoms with van der Waals surface area (Å²) in [4.78, 5) is 45.7. The molecule has 42 heavy (non-hydrogen) atoms. The number of amides is 2. The van der Waals surface area contributed by atoms with E-state index in [1.807, 2.05) is 83.8 Å². The van der Waals surface area contributed by atoms with E-state index in [2.05, 4.69) is 4.90 Å². The maximum atomic E-state index is 13.5. The Labute approximate surface area is 247 Å². The standard InChI is InChI=1S/C34H37N3O5/c1-4-42-34(40)32-24(2)37(31(38)22-28(32)26-12-6-5-7-13-26)23-25-11-10-14-27(21-25)33(39)36-19-17-35(18-20-36)29-15-8-9-16-30(29)41-3/h5-16,21,28H,4,17-20,22-23H2,1-3H3. The molecular formula is C34H37N3O5. The van der Waals surface area contributed by atoms with Crippen LogP contribution < -0.4 is 9.64 Å². The number of methoxy groups -OCH3 is 1. The maximum Gasteiger partial charge on any atom is 0.336 e. The van der Waals surface area contributed by atoms with Crippen LogP contribution in [-0.2, 0) is 20.9 Å². The van der Waals surface area contributed by atoms with Crippen LogP contribution in [0.2, 0.25) is 0 Å². The van der Waals surface area contributed by atoms with Crippen molar-refractivity contribution < 1.29 is 23.9 Å². The zero-order chi connectivity index (χ0) is 29.6. The first-order valence-corrected chi connectivity index (χ1v) is 14.4. The van der Waals surface area contributed by atoms with Gasteiger partial charge in [-0.25, -0.2) is 4.79 Å². The van der Waals surface area contributed by atoms with Crippen molar-refractivity contribution in [3.05, 3.63) is 107 Å². The highest BCUT2D eigenvalue weighted by atomic mass is 16.5. The van der Waals surface area contributed by atoms with Crippen molar-refractivity contribution in [1.82, 2.24) is 9.80 Å². The summed E-state index contributed by atoms with van der Waals surface area (Å²) in [7, 11) is 1.67. The van der Waals surface area contributed by atoms with Crippen LogP contribution in [0.5, 0.6) is 5.75 Å². The van der Waals surface area contributed by atoms with E-state index >= 15 is 0 Å². The minimum Gasteiger partial charge on any atom is -0.495 e. The Hall–Kier alpha value is -4.59. The lowest BCUT2D eigenvalue weighted by atomic mass is 9.83. The number of nitrogens with zero attached hydrogens (tertiary/aromatic N) is 3. The Morgan fingerprint density at radius 3 is 2.33 bits per heavy atom. The van der Waals surface area contributed by atoms with E-state index in [-0.39, 0.29) is 37.3 Å². The molecule has 3 aromatic carbocycles. The van der Waals surface area contributed by atoms with E-state index in [1.54, 1.807) is 25.9 Å². The smallest absolute Gasteiger partial charge is 0.336 e. The van der Waals surface area contributed by atoms with Crippen LogP contribution >= 0.6 is 0 Å². The molecule has 3 aromatic rings. The summed E-state index contributed by atoms with van der Waals surface area (Å²) >= 11 is 0. The molecule has 0 radical (unpaired) electrons. The van der Waals surface area contributed by atoms with Gasteiger partial charge in [-0.15, -0.1) is 0 Å². The van der Waals surface area contributed by atoms with E-state index < -0.39 is 5.97 Å². The Morgan fingerprint density at radius 2 is 1.62 bits per heavy atom. The molecule has 1 fully saturated rings. The Balaban J connectivity index is 1.32. The fourth-order valence-electron chi connectivity index (χ4n) is 5.86. The molecular weight excluding hydrogens is 530 g/mol. The second-order valence-corrected chi connectivity index (χ2v) is 10.5. The number of hydrogen-bond acceptors (Lipinski definition) is 6. The van der Waals surface area contributed by atoms with E-state index in [0.717, 1.165) is 22.6 Å². The summed E-state index contributed by atoms with van der Waals surface area (Å²) in [6.45, 7) is 6.69. The van der Waals surface area contributed by atoms with Gasteiger partial charge in [-0.05, 0) is 49.2 Å². The number of carbonyl (C=O) groups excluding carboxylic acids is 3. The predicted molar refractivity (Wildman–Crippen MR) is 161 cm³/mol. The van der Waals surface area contributed by atoms with Gasteiger partial charge in [0.25, 0.3) is 5.91 Å². The highest BCUT2D eigenvalue weighted by Crippen LogP contribution is 2.37.